The third kappa shape index (κ3) is 52.1. The number of carbonyl (C=O) groups excluding carboxylic acids is 9. The van der Waals surface area contributed by atoms with Gasteiger partial charge >= 0.3 is 0 Å². The number of unbranched alkanes of at least 4 members (excludes halogenated alkanes) is 33. The molecule has 0 aromatic heterocycles. The third-order valence-corrected chi connectivity index (χ3v) is 19.0. The van der Waals surface area contributed by atoms with Gasteiger partial charge in [-0.25, -0.2) is 0 Å². The van der Waals surface area contributed by atoms with Gasteiger partial charge < -0.3 is 76.3 Å². The Morgan fingerprint density at radius 1 is 0.299 bits per heavy atom. The molecule has 24 heteroatoms. The van der Waals surface area contributed by atoms with Crippen molar-refractivity contribution in [2.24, 2.45) is 28.7 Å². The highest BCUT2D eigenvalue weighted by Crippen LogP contribution is 2.17. The zero-order chi connectivity index (χ0) is 71.8. The van der Waals surface area contributed by atoms with Gasteiger partial charge in [-0.2, -0.15) is 11.8 Å². The summed E-state index contributed by atoms with van der Waals surface area (Å²) in [5.74, 6) is -5.48. The Labute approximate surface area is 590 Å². The van der Waals surface area contributed by atoms with Gasteiger partial charge in [0, 0.05) is 30.9 Å². The van der Waals surface area contributed by atoms with E-state index in [9.17, 15) is 48.3 Å². The molecule has 566 valence electrons. The molecule has 97 heavy (non-hydrogen) atoms. The zero-order valence-corrected chi connectivity index (χ0v) is 62.0. The standard InChI is InChI=1S/C73H143N13O10S/c1-4-7-10-13-16-19-22-24-27-30-33-48-65(88)80-63(68(91)79-54-43-32-29-26-21-18-15-12-9-6-3)56-97-57-64(81-66(89)49-34-31-28-25-23-20-17-14-11-8-5-2)73(96)86-62(55-87)72(95)85-61(47-38-42-53-77)71(94)84-60(46-37-41-52-76)70(93)83-59(45-36-40-51-75)69(92)82-58(67(78)90)44-35-39-50-74/h58-64,87H,4-57,74-77H2,1-3H3,(H2,78,90)(H,79,91)(H,80,88)(H,81,89)(H,82,92)(H,83,93)(H,84,94)(H,85,95)(H,86,96)/t58-,59-,60-,61-,62-,63-,64-/m0/s1. The molecule has 0 aliphatic rings. The topological polar surface area (TPSA) is 400 Å². The second kappa shape index (κ2) is 66.0. The Bertz CT molecular complexity index is 2030. The van der Waals surface area contributed by atoms with Gasteiger partial charge in [0.2, 0.25) is 53.2 Å². The van der Waals surface area contributed by atoms with E-state index in [1.807, 2.05) is 0 Å². The van der Waals surface area contributed by atoms with Crippen molar-refractivity contribution in [1.29, 1.82) is 0 Å². The minimum Gasteiger partial charge on any atom is -0.394 e. The molecule has 0 bridgehead atoms. The molecule has 0 aliphatic carbocycles. The van der Waals surface area contributed by atoms with Gasteiger partial charge in [0.05, 0.1) is 6.61 Å². The Kier molecular flexibility index (Phi) is 62.8. The number of aliphatic hydroxyl groups is 1. The summed E-state index contributed by atoms with van der Waals surface area (Å²) in [6, 6.07) is -8.44. The molecule has 0 aliphatic heterocycles. The van der Waals surface area contributed by atoms with E-state index in [2.05, 4.69) is 63.3 Å². The number of amides is 9. The summed E-state index contributed by atoms with van der Waals surface area (Å²) < 4.78 is 0. The minimum absolute atomic E-state index is 0.0546. The molecular weight excluding hydrogens is 1250 g/mol. The summed E-state index contributed by atoms with van der Waals surface area (Å²) in [5.41, 5.74) is 28.7. The molecule has 0 aromatic rings. The van der Waals surface area contributed by atoms with Crippen LogP contribution in [0.2, 0.25) is 0 Å². The van der Waals surface area contributed by atoms with Crippen LogP contribution in [0.25, 0.3) is 0 Å². The molecule has 9 amide bonds. The Balaban J connectivity index is 6.67. The second-order valence-electron chi connectivity index (χ2n) is 26.9. The fourth-order valence-electron chi connectivity index (χ4n) is 11.7. The molecule has 0 saturated heterocycles. The van der Waals surface area contributed by atoms with Crippen molar-refractivity contribution in [3.05, 3.63) is 0 Å². The van der Waals surface area contributed by atoms with Gasteiger partial charge in [0.15, 0.2) is 0 Å². The van der Waals surface area contributed by atoms with Gasteiger partial charge in [-0.15, -0.1) is 0 Å². The van der Waals surface area contributed by atoms with Crippen molar-refractivity contribution >= 4 is 64.9 Å². The highest BCUT2D eigenvalue weighted by Gasteiger charge is 2.34. The molecule has 0 heterocycles. The number of nitrogens with two attached hydrogens (primary N) is 5. The molecule has 0 spiro atoms. The number of rotatable bonds is 70. The van der Waals surface area contributed by atoms with Crippen molar-refractivity contribution in [3.8, 4) is 0 Å². The van der Waals surface area contributed by atoms with Crippen LogP contribution in [-0.2, 0) is 43.2 Å². The second-order valence-corrected chi connectivity index (χ2v) is 27.9. The van der Waals surface area contributed by atoms with E-state index >= 15 is 0 Å². The predicted octanol–water partition coefficient (Wildman–Crippen LogP) is 8.55. The third-order valence-electron chi connectivity index (χ3n) is 17.9. The van der Waals surface area contributed by atoms with Crippen molar-refractivity contribution in [2.45, 2.75) is 358 Å². The van der Waals surface area contributed by atoms with Crippen molar-refractivity contribution in [2.75, 3.05) is 50.8 Å². The van der Waals surface area contributed by atoms with E-state index in [1.54, 1.807) is 0 Å². The number of hydrogen-bond donors (Lipinski definition) is 14. The molecule has 7 atom stereocenters. The van der Waals surface area contributed by atoms with Gasteiger partial charge in [-0.3, -0.25) is 43.2 Å². The predicted molar refractivity (Wildman–Crippen MR) is 396 cm³/mol. The number of aliphatic hydroxyl groups excluding tert-OH is 1. The monoisotopic (exact) mass is 1390 g/mol. The highest BCUT2D eigenvalue weighted by atomic mass is 32.2. The van der Waals surface area contributed by atoms with E-state index in [0.29, 0.717) is 90.4 Å². The molecule has 23 nitrogen and oxygen atoms in total. The fraction of sp³-hybridized carbons (Fsp3) is 0.877. The van der Waals surface area contributed by atoms with E-state index in [0.717, 1.165) is 70.6 Å². The first-order valence-corrected chi connectivity index (χ1v) is 39.9. The molecule has 19 N–H and O–H groups in total. The van der Waals surface area contributed by atoms with Crippen molar-refractivity contribution < 1.29 is 48.3 Å². The van der Waals surface area contributed by atoms with E-state index in [1.165, 1.54) is 134 Å². The number of hydrogen-bond acceptors (Lipinski definition) is 15. The van der Waals surface area contributed by atoms with Crippen LogP contribution in [0, 0.1) is 0 Å². The van der Waals surface area contributed by atoms with E-state index in [-0.39, 0.29) is 74.3 Å². The largest absolute Gasteiger partial charge is 0.394 e. The lowest BCUT2D eigenvalue weighted by molar-refractivity contribution is -0.136. The highest BCUT2D eigenvalue weighted by molar-refractivity contribution is 7.99. The smallest absolute Gasteiger partial charge is 0.245 e. The molecule has 0 saturated carbocycles. The van der Waals surface area contributed by atoms with Crippen LogP contribution in [0.15, 0.2) is 0 Å². The van der Waals surface area contributed by atoms with Crippen LogP contribution >= 0.6 is 11.8 Å². The number of thioether (sulfide) groups is 1. The Morgan fingerprint density at radius 3 is 0.866 bits per heavy atom. The maximum Gasteiger partial charge on any atom is 0.245 e. The molecule has 0 rings (SSSR count). The van der Waals surface area contributed by atoms with Gasteiger partial charge in [-0.05, 0) is 122 Å². The molecular formula is C73H143N13O10S. The molecule has 0 radical (unpaired) electrons. The van der Waals surface area contributed by atoms with Crippen LogP contribution in [0.4, 0.5) is 0 Å². The summed E-state index contributed by atoms with van der Waals surface area (Å²) in [4.78, 5) is 125. The van der Waals surface area contributed by atoms with Crippen LogP contribution in [0.3, 0.4) is 0 Å². The average molecular weight is 1400 g/mol. The summed E-state index contributed by atoms with van der Waals surface area (Å²) in [6.45, 7) is 7.50. The lowest BCUT2D eigenvalue weighted by Gasteiger charge is -2.27. The SMILES string of the molecule is CCCCCCCCCCCCCC(=O)N[C@@H](CSC[C@H](NC(=O)CCCCCCCCCCCCC)C(=O)N[C@@H](CO)C(=O)N[C@@H](CCCCN)C(=O)N[C@@H](CCCCN)C(=O)N[C@@H](CCCCN)C(=O)N[C@@H](CCCCN)C(N)=O)C(=O)NCCCCCCCCCCCC. The maximum atomic E-state index is 14.5. The van der Waals surface area contributed by atoms with Crippen molar-refractivity contribution in [1.82, 2.24) is 42.5 Å². The first-order chi connectivity index (χ1) is 47.1. The van der Waals surface area contributed by atoms with Crippen LogP contribution in [-0.4, -0.2) is 151 Å². The lowest BCUT2D eigenvalue weighted by Crippen LogP contribution is -2.60. The summed E-state index contributed by atoms with van der Waals surface area (Å²) in [5, 5.41) is 33.1. The lowest BCUT2D eigenvalue weighted by atomic mass is 10.0. The van der Waals surface area contributed by atoms with Crippen LogP contribution in [0.1, 0.15) is 316 Å². The summed E-state index contributed by atoms with van der Waals surface area (Å²) >= 11 is 1.19. The molecule has 0 fully saturated rings. The van der Waals surface area contributed by atoms with Gasteiger partial charge in [0.25, 0.3) is 0 Å². The molecule has 0 aromatic carbocycles. The zero-order valence-electron chi connectivity index (χ0n) is 61.1. The maximum absolute atomic E-state index is 14.5. The minimum atomic E-state index is -1.61. The van der Waals surface area contributed by atoms with Crippen LogP contribution in [0.5, 0.6) is 0 Å². The quantitative estimate of drug-likeness (QED) is 0.0254. The fourth-order valence-corrected chi connectivity index (χ4v) is 12.7. The normalized spacial score (nSPS) is 13.5. The first-order valence-electron chi connectivity index (χ1n) is 38.7. The Morgan fingerprint density at radius 2 is 0.557 bits per heavy atom. The summed E-state index contributed by atoms with van der Waals surface area (Å²) in [6.07, 6.45) is 40.9. The number of nitrogens with one attached hydrogen (secondary N) is 8. The van der Waals surface area contributed by atoms with Gasteiger partial charge in [-0.1, -0.05) is 207 Å². The van der Waals surface area contributed by atoms with E-state index in [4.69, 9.17) is 28.7 Å². The Hall–Kier alpha value is -4.62. The average Bonchev–Trinajstić information content (AvgIpc) is 1.00. The first kappa shape index (κ1) is 92.4. The summed E-state index contributed by atoms with van der Waals surface area (Å²) in [7, 11) is 0. The number of carbonyl (C=O) groups is 9. The van der Waals surface area contributed by atoms with E-state index < -0.39 is 84.3 Å². The van der Waals surface area contributed by atoms with Crippen molar-refractivity contribution in [3.63, 3.8) is 0 Å². The molecule has 0 unspecified atom stereocenters. The van der Waals surface area contributed by atoms with Crippen LogP contribution < -0.4 is 71.2 Å². The van der Waals surface area contributed by atoms with Gasteiger partial charge in [0.1, 0.15) is 42.3 Å². The number of primary amides is 1.